The van der Waals surface area contributed by atoms with Crippen molar-refractivity contribution in [2.75, 3.05) is 6.54 Å². The van der Waals surface area contributed by atoms with Gasteiger partial charge in [0.05, 0.1) is 11.6 Å². The first kappa shape index (κ1) is 44.3. The molecule has 0 N–H and O–H groups in total. The fourth-order valence-electron chi connectivity index (χ4n) is 8.44. The minimum atomic E-state index is 0. The van der Waals surface area contributed by atoms with Crippen LogP contribution in [0.3, 0.4) is 0 Å². The molecule has 0 radical (unpaired) electrons. The van der Waals surface area contributed by atoms with Gasteiger partial charge in [-0.05, 0) is 95.7 Å². The van der Waals surface area contributed by atoms with Crippen molar-refractivity contribution in [3.8, 4) is 34.2 Å². The van der Waals surface area contributed by atoms with E-state index in [1.165, 1.54) is 67.1 Å². The normalized spacial score (nSPS) is 11.7. The molecular weight excluding hydrogens is 925 g/mol. The number of hydrogen-bond donors (Lipinski definition) is 0. The summed E-state index contributed by atoms with van der Waals surface area (Å²) in [7, 11) is 0. The van der Waals surface area contributed by atoms with Gasteiger partial charge in [0.25, 0.3) is 0 Å². The molecule has 0 atom stereocenters. The minimum Gasteiger partial charge on any atom is -0.340 e. The number of hydrogen-bond acceptors (Lipinski definition) is 3. The molecule has 0 unspecified atom stereocenters. The molecule has 0 fully saturated rings. The maximum absolute atomic E-state index is 4.55. The molecule has 0 amide bonds. The summed E-state index contributed by atoms with van der Waals surface area (Å²) in [4.78, 5) is 13.6. The van der Waals surface area contributed by atoms with Crippen LogP contribution < -0.4 is 0 Å². The Labute approximate surface area is 375 Å². The molecule has 9 rings (SSSR count). The Bertz CT molecular complexity index is 2610. The van der Waals surface area contributed by atoms with Crippen LogP contribution in [0.2, 0.25) is 0 Å². The van der Waals surface area contributed by atoms with E-state index in [4.69, 9.17) is 0 Å². The van der Waals surface area contributed by atoms with E-state index in [0.29, 0.717) is 0 Å². The average molecular weight is 977 g/mol. The first-order valence-electron chi connectivity index (χ1n) is 20.4. The molecule has 8 aromatic rings. The van der Waals surface area contributed by atoms with Gasteiger partial charge in [0, 0.05) is 36.2 Å². The largest absolute Gasteiger partial charge is 3.00 e. The molecule has 0 bridgehead atoms. The number of amidine groups is 1. The van der Waals surface area contributed by atoms with Crippen LogP contribution in [0, 0.1) is 80.5 Å². The Morgan fingerprint density at radius 2 is 0.869 bits per heavy atom. The predicted molar refractivity (Wildman–Crippen MR) is 247 cm³/mol. The van der Waals surface area contributed by atoms with Gasteiger partial charge in [-0.15, -0.1) is 102 Å². The molecule has 6 aromatic carbocycles. The van der Waals surface area contributed by atoms with E-state index in [1.807, 2.05) is 97.7 Å². The maximum Gasteiger partial charge on any atom is 3.00 e. The summed E-state index contributed by atoms with van der Waals surface area (Å²) in [5, 5.41) is 0. The van der Waals surface area contributed by atoms with Gasteiger partial charge in [-0.3, -0.25) is 14.5 Å². The van der Waals surface area contributed by atoms with Crippen LogP contribution >= 0.6 is 0 Å². The SMILES string of the molecule is Cc1cc(C)c(-n2ccnc2-c2[c-]cccc2)c(C)c1.Cc1cc(C)c(-n2ccnc2-c2[c-]cccc2)c(C)c1.Cc1cc(C)c([N+]2=C(c3[c-]cccc3)N=CC2)c(C)c1.[Ir+3]. The van der Waals surface area contributed by atoms with Gasteiger partial charge in [0.2, 0.25) is 5.84 Å². The van der Waals surface area contributed by atoms with Crippen LogP contribution in [0.1, 0.15) is 55.6 Å². The zero-order valence-corrected chi connectivity index (χ0v) is 38.9. The molecule has 1 aliphatic heterocycles. The number of benzene rings is 6. The molecule has 2 aromatic heterocycles. The molecule has 0 saturated heterocycles. The van der Waals surface area contributed by atoms with Crippen LogP contribution in [-0.2, 0) is 20.1 Å². The Kier molecular flexibility index (Phi) is 14.4. The van der Waals surface area contributed by atoms with Gasteiger partial charge < -0.3 is 9.13 Å². The first-order valence-corrected chi connectivity index (χ1v) is 20.4. The Morgan fingerprint density at radius 1 is 0.492 bits per heavy atom. The van der Waals surface area contributed by atoms with Crippen molar-refractivity contribution in [1.29, 1.82) is 0 Å². The van der Waals surface area contributed by atoms with Crippen molar-refractivity contribution in [3.63, 3.8) is 0 Å². The summed E-state index contributed by atoms with van der Waals surface area (Å²) < 4.78 is 6.57. The molecule has 61 heavy (non-hydrogen) atoms. The monoisotopic (exact) mass is 977 g/mol. The van der Waals surface area contributed by atoms with Crippen molar-refractivity contribution in [2.24, 2.45) is 4.99 Å². The van der Waals surface area contributed by atoms with Gasteiger partial charge in [-0.2, -0.15) is 0 Å². The fraction of sp³-hybridized carbons (Fsp3) is 0.185. The van der Waals surface area contributed by atoms with Gasteiger partial charge in [0.1, 0.15) is 18.4 Å². The third-order valence-electron chi connectivity index (χ3n) is 10.5. The first-order chi connectivity index (χ1) is 29.0. The Hall–Kier alpha value is -6.27. The van der Waals surface area contributed by atoms with E-state index in [1.54, 1.807) is 0 Å². The van der Waals surface area contributed by atoms with Crippen LogP contribution in [0.15, 0.2) is 139 Å². The molecule has 0 saturated carbocycles. The third kappa shape index (κ3) is 10.0. The van der Waals surface area contributed by atoms with Crippen LogP contribution in [0.4, 0.5) is 5.69 Å². The quantitative estimate of drug-likeness (QED) is 0.123. The van der Waals surface area contributed by atoms with Crippen molar-refractivity contribution in [2.45, 2.75) is 62.3 Å². The summed E-state index contributed by atoms with van der Waals surface area (Å²) in [6.07, 6.45) is 9.68. The molecule has 0 spiro atoms. The molecule has 0 aliphatic carbocycles. The minimum absolute atomic E-state index is 0. The second kappa shape index (κ2) is 19.9. The van der Waals surface area contributed by atoms with E-state index >= 15 is 0 Å². The second-order valence-corrected chi connectivity index (χ2v) is 15.6. The molecule has 6 nitrogen and oxygen atoms in total. The van der Waals surface area contributed by atoms with E-state index in [-0.39, 0.29) is 20.1 Å². The predicted octanol–water partition coefficient (Wildman–Crippen LogP) is 12.1. The zero-order valence-electron chi connectivity index (χ0n) is 36.5. The third-order valence-corrected chi connectivity index (χ3v) is 10.5. The Balaban J connectivity index is 0.000000152. The molecular formula is C54H52IrN6+. The van der Waals surface area contributed by atoms with Crippen LogP contribution in [0.25, 0.3) is 34.2 Å². The van der Waals surface area contributed by atoms with E-state index in [2.05, 4.69) is 152 Å². The van der Waals surface area contributed by atoms with Crippen LogP contribution in [-0.4, -0.2) is 42.3 Å². The van der Waals surface area contributed by atoms with Crippen molar-refractivity contribution >= 4 is 17.7 Å². The summed E-state index contributed by atoms with van der Waals surface area (Å²) >= 11 is 0. The number of nitrogens with zero attached hydrogens (tertiary/aromatic N) is 6. The van der Waals surface area contributed by atoms with Crippen molar-refractivity contribution in [3.05, 3.63) is 208 Å². The molecule has 1 aliphatic rings. The number of aliphatic imine (C=N–C) groups is 1. The fourth-order valence-corrected chi connectivity index (χ4v) is 8.44. The number of aryl methyl sites for hydroxylation is 9. The standard InChI is InChI=1S/C18H18N2.2C18H17N2.Ir/c3*1-13-11-14(2)17(15(3)12-13)20-10-9-19-18(20)16-7-5-4-6-8-16;/h4-7,9,11-12H,10H2,1-3H3;2*4-7,9-12H,1-3H3;/q;2*-1;+3. The summed E-state index contributed by atoms with van der Waals surface area (Å²) in [5.41, 5.74) is 18.3. The summed E-state index contributed by atoms with van der Waals surface area (Å²) in [6, 6.07) is 46.9. The van der Waals surface area contributed by atoms with Gasteiger partial charge in [0.15, 0.2) is 0 Å². The Morgan fingerprint density at radius 3 is 1.25 bits per heavy atom. The maximum atomic E-state index is 4.55. The number of imidazole rings is 2. The second-order valence-electron chi connectivity index (χ2n) is 15.6. The van der Waals surface area contributed by atoms with Gasteiger partial charge in [-0.1, -0.05) is 63.6 Å². The van der Waals surface area contributed by atoms with Gasteiger partial charge >= 0.3 is 20.1 Å². The van der Waals surface area contributed by atoms with Crippen LogP contribution in [0.5, 0.6) is 0 Å². The van der Waals surface area contributed by atoms with E-state index in [9.17, 15) is 0 Å². The topological polar surface area (TPSA) is 51.0 Å². The summed E-state index contributed by atoms with van der Waals surface area (Å²) in [6.45, 7) is 20.1. The number of aromatic nitrogens is 4. The molecule has 7 heteroatoms. The summed E-state index contributed by atoms with van der Waals surface area (Å²) in [5.74, 6) is 2.85. The van der Waals surface area contributed by atoms with Crippen molar-refractivity contribution in [1.82, 2.24) is 19.1 Å². The molecule has 3 heterocycles. The average Bonchev–Trinajstić information content (AvgIpc) is 4.01. The number of rotatable bonds is 6. The smallest absolute Gasteiger partial charge is 0.340 e. The molecule has 306 valence electrons. The van der Waals surface area contributed by atoms with E-state index < -0.39 is 0 Å². The van der Waals surface area contributed by atoms with E-state index in [0.717, 1.165) is 40.7 Å². The zero-order chi connectivity index (χ0) is 42.3. The van der Waals surface area contributed by atoms with Crippen molar-refractivity contribution < 1.29 is 24.7 Å². The van der Waals surface area contributed by atoms with Gasteiger partial charge in [-0.25, -0.2) is 0 Å².